The Morgan fingerprint density at radius 2 is 1.54 bits per heavy atom. The smallest absolute Gasteiger partial charge is 0.220 e. The van der Waals surface area contributed by atoms with Crippen LogP contribution in [0.2, 0.25) is 0 Å². The lowest BCUT2D eigenvalue weighted by Gasteiger charge is -2.08. The fraction of sp³-hybridized carbons (Fsp3) is 0.350. The predicted octanol–water partition coefficient (Wildman–Crippen LogP) is 4.00. The molecule has 2 rings (SSSR count). The summed E-state index contributed by atoms with van der Waals surface area (Å²) in [6.45, 7) is 1.28. The molecule has 0 spiro atoms. The Morgan fingerprint density at radius 3 is 2.25 bits per heavy atom. The van der Waals surface area contributed by atoms with Crippen LogP contribution in [-0.2, 0) is 11.3 Å². The monoisotopic (exact) mass is 326 g/mol. The van der Waals surface area contributed by atoms with Gasteiger partial charge in [-0.05, 0) is 49.2 Å². The van der Waals surface area contributed by atoms with Crippen LogP contribution >= 0.6 is 0 Å². The predicted molar refractivity (Wildman–Crippen MR) is 96.9 cm³/mol. The molecule has 0 heterocycles. The third-order valence-corrected chi connectivity index (χ3v) is 3.75. The van der Waals surface area contributed by atoms with Crippen molar-refractivity contribution in [2.24, 2.45) is 5.73 Å². The van der Waals surface area contributed by atoms with E-state index in [1.54, 1.807) is 0 Å². The first-order chi connectivity index (χ1) is 11.8. The number of amides is 1. The van der Waals surface area contributed by atoms with Gasteiger partial charge in [-0.25, -0.2) is 0 Å². The summed E-state index contributed by atoms with van der Waals surface area (Å²) in [5, 5.41) is 2.95. The molecule has 2 aromatic rings. The Morgan fingerprint density at radius 1 is 0.875 bits per heavy atom. The Kier molecular flexibility index (Phi) is 7.84. The van der Waals surface area contributed by atoms with Crippen molar-refractivity contribution in [2.45, 2.75) is 38.6 Å². The molecule has 4 heteroatoms. The second-order valence-corrected chi connectivity index (χ2v) is 5.79. The van der Waals surface area contributed by atoms with Crippen LogP contribution in [0.25, 0.3) is 0 Å². The molecule has 0 atom stereocenters. The van der Waals surface area contributed by atoms with Crippen LogP contribution in [-0.4, -0.2) is 12.5 Å². The Bertz CT molecular complexity index is 597. The number of carbonyl (C=O) groups excluding carboxylic acids is 1. The normalized spacial score (nSPS) is 10.4. The zero-order valence-corrected chi connectivity index (χ0v) is 14.0. The molecule has 0 aliphatic carbocycles. The number of para-hydroxylation sites is 1. The van der Waals surface area contributed by atoms with Gasteiger partial charge in [0.15, 0.2) is 0 Å². The molecule has 4 nitrogen and oxygen atoms in total. The maximum absolute atomic E-state index is 11.8. The summed E-state index contributed by atoms with van der Waals surface area (Å²) in [7, 11) is 0. The van der Waals surface area contributed by atoms with Gasteiger partial charge < -0.3 is 15.8 Å². The minimum atomic E-state index is 0.104. The molecule has 0 aromatic heterocycles. The number of unbranched alkanes of at least 4 members (excludes halogenated alkanes) is 3. The quantitative estimate of drug-likeness (QED) is 0.649. The first-order valence-corrected chi connectivity index (χ1v) is 8.56. The highest BCUT2D eigenvalue weighted by molar-refractivity contribution is 5.75. The van der Waals surface area contributed by atoms with Crippen LogP contribution in [0.4, 0.5) is 0 Å². The largest absolute Gasteiger partial charge is 0.457 e. The van der Waals surface area contributed by atoms with Crippen LogP contribution in [0.1, 0.15) is 37.7 Å². The van der Waals surface area contributed by atoms with Crippen LogP contribution in [0, 0.1) is 0 Å². The number of benzene rings is 2. The maximum atomic E-state index is 11.8. The highest BCUT2D eigenvalue weighted by Crippen LogP contribution is 2.21. The van der Waals surface area contributed by atoms with Gasteiger partial charge in [0, 0.05) is 13.0 Å². The zero-order valence-electron chi connectivity index (χ0n) is 14.0. The fourth-order valence-corrected chi connectivity index (χ4v) is 2.37. The minimum absolute atomic E-state index is 0.104. The molecule has 2 aromatic carbocycles. The van der Waals surface area contributed by atoms with E-state index in [0.717, 1.165) is 49.3 Å². The minimum Gasteiger partial charge on any atom is -0.457 e. The highest BCUT2D eigenvalue weighted by Gasteiger charge is 2.02. The molecular weight excluding hydrogens is 300 g/mol. The highest BCUT2D eigenvalue weighted by atomic mass is 16.5. The van der Waals surface area contributed by atoms with Gasteiger partial charge in [0.1, 0.15) is 11.5 Å². The topological polar surface area (TPSA) is 64.4 Å². The van der Waals surface area contributed by atoms with Crippen molar-refractivity contribution in [3.8, 4) is 11.5 Å². The van der Waals surface area contributed by atoms with Crippen molar-refractivity contribution in [3.63, 3.8) is 0 Å². The average Bonchev–Trinajstić information content (AvgIpc) is 2.62. The van der Waals surface area contributed by atoms with Crippen LogP contribution in [0.3, 0.4) is 0 Å². The summed E-state index contributed by atoms with van der Waals surface area (Å²) in [5.41, 5.74) is 6.51. The lowest BCUT2D eigenvalue weighted by atomic mass is 10.1. The summed E-state index contributed by atoms with van der Waals surface area (Å²) < 4.78 is 5.75. The molecule has 0 radical (unpaired) electrons. The number of ether oxygens (including phenoxy) is 1. The summed E-state index contributed by atoms with van der Waals surface area (Å²) in [4.78, 5) is 11.8. The molecule has 0 unspecified atom stereocenters. The summed E-state index contributed by atoms with van der Waals surface area (Å²) in [5.74, 6) is 1.71. The third kappa shape index (κ3) is 6.84. The van der Waals surface area contributed by atoms with Crippen molar-refractivity contribution < 1.29 is 9.53 Å². The molecule has 24 heavy (non-hydrogen) atoms. The van der Waals surface area contributed by atoms with Crippen molar-refractivity contribution in [2.75, 3.05) is 6.54 Å². The third-order valence-electron chi connectivity index (χ3n) is 3.75. The van der Waals surface area contributed by atoms with Gasteiger partial charge in [0.2, 0.25) is 5.91 Å². The lowest BCUT2D eigenvalue weighted by Crippen LogP contribution is -2.22. The first kappa shape index (κ1) is 18.0. The number of hydrogen-bond donors (Lipinski definition) is 2. The van der Waals surface area contributed by atoms with Crippen molar-refractivity contribution in [1.82, 2.24) is 5.32 Å². The molecule has 0 aliphatic heterocycles. The van der Waals surface area contributed by atoms with Crippen molar-refractivity contribution >= 4 is 5.91 Å². The van der Waals surface area contributed by atoms with E-state index in [-0.39, 0.29) is 5.91 Å². The summed E-state index contributed by atoms with van der Waals surface area (Å²) in [6.07, 6.45) is 4.72. The molecule has 0 saturated carbocycles. The average molecular weight is 326 g/mol. The van der Waals surface area contributed by atoms with E-state index in [9.17, 15) is 4.79 Å². The van der Waals surface area contributed by atoms with Gasteiger partial charge in [-0.2, -0.15) is 0 Å². The van der Waals surface area contributed by atoms with E-state index in [1.165, 1.54) is 0 Å². The Labute approximate surface area is 144 Å². The Balaban J connectivity index is 1.69. The van der Waals surface area contributed by atoms with Crippen LogP contribution < -0.4 is 15.8 Å². The van der Waals surface area contributed by atoms with Crippen molar-refractivity contribution in [1.29, 1.82) is 0 Å². The van der Waals surface area contributed by atoms with E-state index in [0.29, 0.717) is 13.0 Å². The lowest BCUT2D eigenvalue weighted by molar-refractivity contribution is -0.121. The maximum Gasteiger partial charge on any atom is 0.220 e. The van der Waals surface area contributed by atoms with Gasteiger partial charge in [-0.3, -0.25) is 4.79 Å². The van der Waals surface area contributed by atoms with E-state index in [4.69, 9.17) is 10.5 Å². The van der Waals surface area contributed by atoms with E-state index in [2.05, 4.69) is 5.32 Å². The zero-order chi connectivity index (χ0) is 17.0. The van der Waals surface area contributed by atoms with Crippen molar-refractivity contribution in [3.05, 3.63) is 60.2 Å². The van der Waals surface area contributed by atoms with Gasteiger partial charge in [-0.1, -0.05) is 43.2 Å². The SMILES string of the molecule is NCCCCCCC(=O)NCc1ccc(Oc2ccccc2)cc1. The molecule has 0 saturated heterocycles. The molecule has 0 aliphatic rings. The van der Waals surface area contributed by atoms with E-state index >= 15 is 0 Å². The number of rotatable bonds is 10. The molecule has 0 fully saturated rings. The van der Waals surface area contributed by atoms with Gasteiger partial charge in [0.05, 0.1) is 0 Å². The number of carbonyl (C=O) groups is 1. The standard InChI is InChI=1S/C20H26N2O2/c21-15-7-2-1-6-10-20(23)22-16-17-11-13-19(14-12-17)24-18-8-4-3-5-9-18/h3-5,8-9,11-14H,1-2,6-7,10,15-16,21H2,(H,22,23). The molecule has 1 amide bonds. The van der Waals surface area contributed by atoms with Gasteiger partial charge >= 0.3 is 0 Å². The van der Waals surface area contributed by atoms with E-state index in [1.807, 2.05) is 54.6 Å². The molecule has 128 valence electrons. The first-order valence-electron chi connectivity index (χ1n) is 8.56. The van der Waals surface area contributed by atoms with E-state index < -0.39 is 0 Å². The number of nitrogens with two attached hydrogens (primary N) is 1. The van der Waals surface area contributed by atoms with Crippen LogP contribution in [0.15, 0.2) is 54.6 Å². The molecule has 3 N–H and O–H groups in total. The Hall–Kier alpha value is -2.33. The van der Waals surface area contributed by atoms with Gasteiger partial charge in [0.25, 0.3) is 0 Å². The fourth-order valence-electron chi connectivity index (χ4n) is 2.37. The second kappa shape index (κ2) is 10.4. The molecule has 0 bridgehead atoms. The number of hydrogen-bond acceptors (Lipinski definition) is 3. The summed E-state index contributed by atoms with van der Waals surface area (Å²) >= 11 is 0. The summed E-state index contributed by atoms with van der Waals surface area (Å²) in [6, 6.07) is 17.5. The van der Waals surface area contributed by atoms with Crippen LogP contribution in [0.5, 0.6) is 11.5 Å². The molecular formula is C20H26N2O2. The number of nitrogens with one attached hydrogen (secondary N) is 1. The van der Waals surface area contributed by atoms with Gasteiger partial charge in [-0.15, -0.1) is 0 Å². The second-order valence-electron chi connectivity index (χ2n) is 5.79.